The van der Waals surface area contributed by atoms with Crippen LogP contribution >= 0.6 is 0 Å². The second-order valence-corrected chi connectivity index (χ2v) is 7.66. The molecule has 0 unspecified atom stereocenters. The average Bonchev–Trinajstić information content (AvgIpc) is 3.30. The number of nitrogens with zero attached hydrogens (tertiary/aromatic N) is 5. The van der Waals surface area contributed by atoms with Crippen molar-refractivity contribution in [1.82, 2.24) is 20.0 Å². The number of imidazole rings is 1. The molecule has 8 nitrogen and oxygen atoms in total. The van der Waals surface area contributed by atoms with E-state index in [9.17, 15) is 10.1 Å². The van der Waals surface area contributed by atoms with E-state index in [0.717, 1.165) is 46.3 Å². The summed E-state index contributed by atoms with van der Waals surface area (Å²) >= 11 is 0. The Labute approximate surface area is 167 Å². The minimum Gasteiger partial charge on any atom is -0.378 e. The zero-order valence-corrected chi connectivity index (χ0v) is 16.1. The zero-order chi connectivity index (χ0) is 20.0. The number of hydrogen-bond donors (Lipinski definition) is 1. The van der Waals surface area contributed by atoms with E-state index in [1.165, 1.54) is 0 Å². The van der Waals surface area contributed by atoms with E-state index >= 15 is 0 Å². The Bertz CT molecular complexity index is 1210. The van der Waals surface area contributed by atoms with Crippen LogP contribution in [0.2, 0.25) is 0 Å². The molecule has 1 aromatic carbocycles. The van der Waals surface area contributed by atoms with Gasteiger partial charge in [0.25, 0.3) is 0 Å². The summed E-state index contributed by atoms with van der Waals surface area (Å²) in [7, 11) is 0. The standard InChI is InChI=1S/C21H20N6O2/c1-12-6-15(4-5-29-12)27-19(8-14-9-20(28)26-25-14)24-18-11-23-17-3-2-13(10-22)7-16(17)21(18)27/h2-3,7,11-12,15H,4-6,8-9H2,1H3,(H,26,28)/t12-,15-/m1/s1. The smallest absolute Gasteiger partial charge is 0.245 e. The predicted octanol–water partition coefficient (Wildman–Crippen LogP) is 2.61. The van der Waals surface area contributed by atoms with E-state index < -0.39 is 0 Å². The number of benzene rings is 1. The molecule has 2 aliphatic heterocycles. The summed E-state index contributed by atoms with van der Waals surface area (Å²) in [5.74, 6) is 0.777. The second kappa shape index (κ2) is 6.94. The van der Waals surface area contributed by atoms with Gasteiger partial charge in [0.15, 0.2) is 0 Å². The quantitative estimate of drug-likeness (QED) is 0.742. The molecule has 0 radical (unpaired) electrons. The third kappa shape index (κ3) is 3.13. The van der Waals surface area contributed by atoms with Crippen molar-refractivity contribution in [2.24, 2.45) is 5.10 Å². The van der Waals surface area contributed by atoms with Gasteiger partial charge < -0.3 is 9.30 Å². The summed E-state index contributed by atoms with van der Waals surface area (Å²) in [6, 6.07) is 7.98. The molecule has 3 aromatic rings. The fourth-order valence-electron chi connectivity index (χ4n) is 4.31. The molecule has 0 spiro atoms. The number of hydrogen-bond acceptors (Lipinski definition) is 6. The lowest BCUT2D eigenvalue weighted by Crippen LogP contribution is -2.27. The molecule has 5 rings (SSSR count). The second-order valence-electron chi connectivity index (χ2n) is 7.66. The van der Waals surface area contributed by atoms with Crippen LogP contribution in [0.15, 0.2) is 29.5 Å². The number of fused-ring (bicyclic) bond motifs is 3. The van der Waals surface area contributed by atoms with E-state index in [4.69, 9.17) is 9.72 Å². The van der Waals surface area contributed by atoms with Gasteiger partial charge in [0.05, 0.1) is 47.1 Å². The van der Waals surface area contributed by atoms with Crippen LogP contribution in [0.25, 0.3) is 21.9 Å². The molecule has 146 valence electrons. The number of nitrogens with one attached hydrogen (secondary N) is 1. The number of carbonyl (C=O) groups excluding carboxylic acids is 1. The maximum absolute atomic E-state index is 11.6. The summed E-state index contributed by atoms with van der Waals surface area (Å²) in [6.07, 6.45) is 4.50. The van der Waals surface area contributed by atoms with E-state index in [2.05, 4.69) is 33.1 Å². The van der Waals surface area contributed by atoms with Crippen LogP contribution in [0.1, 0.15) is 43.6 Å². The van der Waals surface area contributed by atoms with Gasteiger partial charge in [0.1, 0.15) is 11.3 Å². The highest BCUT2D eigenvalue weighted by Crippen LogP contribution is 2.34. The molecule has 0 saturated carbocycles. The lowest BCUT2D eigenvalue weighted by molar-refractivity contribution is -0.119. The Hall–Kier alpha value is -3.31. The maximum atomic E-state index is 11.6. The lowest BCUT2D eigenvalue weighted by atomic mass is 10.0. The van der Waals surface area contributed by atoms with Crippen LogP contribution < -0.4 is 5.43 Å². The summed E-state index contributed by atoms with van der Waals surface area (Å²) < 4.78 is 8.03. The van der Waals surface area contributed by atoms with Gasteiger partial charge in [-0.3, -0.25) is 9.78 Å². The molecule has 29 heavy (non-hydrogen) atoms. The van der Waals surface area contributed by atoms with Crippen molar-refractivity contribution in [3.05, 3.63) is 35.8 Å². The first-order valence-electron chi connectivity index (χ1n) is 9.78. The Kier molecular flexibility index (Phi) is 4.25. The van der Waals surface area contributed by atoms with Gasteiger partial charge in [0.2, 0.25) is 5.91 Å². The number of amides is 1. The van der Waals surface area contributed by atoms with Crippen LogP contribution in [-0.4, -0.2) is 38.9 Å². The van der Waals surface area contributed by atoms with E-state index in [-0.39, 0.29) is 18.1 Å². The van der Waals surface area contributed by atoms with Crippen LogP contribution in [0, 0.1) is 11.3 Å². The third-order valence-electron chi connectivity index (χ3n) is 5.61. The topological polar surface area (TPSA) is 105 Å². The SMILES string of the molecule is C[C@@H]1C[C@H](n2c(CC3=NNC(=O)C3)nc3cnc4ccc(C#N)cc4c32)CCO1. The molecule has 1 fully saturated rings. The number of rotatable bonds is 3. The van der Waals surface area contributed by atoms with Gasteiger partial charge in [-0.15, -0.1) is 0 Å². The molecule has 2 aromatic heterocycles. The molecule has 2 aliphatic rings. The summed E-state index contributed by atoms with van der Waals surface area (Å²) in [4.78, 5) is 21.0. The molecule has 4 heterocycles. The highest BCUT2D eigenvalue weighted by molar-refractivity contribution is 6.06. The predicted molar refractivity (Wildman–Crippen MR) is 107 cm³/mol. The van der Waals surface area contributed by atoms with Gasteiger partial charge in [-0.2, -0.15) is 10.4 Å². The molecule has 1 N–H and O–H groups in total. The van der Waals surface area contributed by atoms with Crippen molar-refractivity contribution in [3.8, 4) is 6.07 Å². The monoisotopic (exact) mass is 388 g/mol. The van der Waals surface area contributed by atoms with Crippen LogP contribution in [0.4, 0.5) is 0 Å². The molecular formula is C21H20N6O2. The number of nitriles is 1. The van der Waals surface area contributed by atoms with Gasteiger partial charge in [-0.25, -0.2) is 10.4 Å². The number of pyridine rings is 1. The first-order valence-corrected chi connectivity index (χ1v) is 9.78. The van der Waals surface area contributed by atoms with Crippen molar-refractivity contribution in [3.63, 3.8) is 0 Å². The number of ether oxygens (including phenoxy) is 1. The van der Waals surface area contributed by atoms with Crippen molar-refractivity contribution >= 4 is 33.6 Å². The fourth-order valence-corrected chi connectivity index (χ4v) is 4.31. The molecule has 0 bridgehead atoms. The minimum absolute atomic E-state index is 0.0897. The third-order valence-corrected chi connectivity index (χ3v) is 5.61. The van der Waals surface area contributed by atoms with Crippen molar-refractivity contribution in [2.75, 3.05) is 6.61 Å². The molecule has 0 aliphatic carbocycles. The highest BCUT2D eigenvalue weighted by atomic mass is 16.5. The summed E-state index contributed by atoms with van der Waals surface area (Å²) in [5, 5.41) is 14.4. The average molecular weight is 388 g/mol. The normalized spacial score (nSPS) is 21.9. The van der Waals surface area contributed by atoms with Crippen LogP contribution in [0.5, 0.6) is 0 Å². The van der Waals surface area contributed by atoms with E-state index in [1.807, 2.05) is 12.1 Å². The molecule has 1 amide bonds. The Balaban J connectivity index is 1.72. The van der Waals surface area contributed by atoms with E-state index in [1.54, 1.807) is 12.3 Å². The van der Waals surface area contributed by atoms with Gasteiger partial charge in [-0.1, -0.05) is 0 Å². The largest absolute Gasteiger partial charge is 0.378 e. The zero-order valence-electron chi connectivity index (χ0n) is 16.1. The van der Waals surface area contributed by atoms with Crippen LogP contribution in [0.3, 0.4) is 0 Å². The molecule has 8 heteroatoms. The number of aromatic nitrogens is 3. The fraction of sp³-hybridized carbons (Fsp3) is 0.381. The highest BCUT2D eigenvalue weighted by Gasteiger charge is 2.27. The number of hydrazone groups is 1. The first kappa shape index (κ1) is 17.8. The van der Waals surface area contributed by atoms with Crippen LogP contribution in [-0.2, 0) is 16.0 Å². The maximum Gasteiger partial charge on any atom is 0.245 e. The Morgan fingerprint density at radius 3 is 3.03 bits per heavy atom. The van der Waals surface area contributed by atoms with Gasteiger partial charge >= 0.3 is 0 Å². The summed E-state index contributed by atoms with van der Waals surface area (Å²) in [5.41, 5.74) is 6.50. The Morgan fingerprint density at radius 1 is 1.38 bits per heavy atom. The molecular weight excluding hydrogens is 368 g/mol. The molecule has 2 atom stereocenters. The minimum atomic E-state index is -0.0897. The summed E-state index contributed by atoms with van der Waals surface area (Å²) in [6.45, 7) is 2.78. The first-order chi connectivity index (χ1) is 14.1. The van der Waals surface area contributed by atoms with Gasteiger partial charge in [0, 0.05) is 24.5 Å². The Morgan fingerprint density at radius 2 is 2.28 bits per heavy atom. The molecule has 1 saturated heterocycles. The van der Waals surface area contributed by atoms with E-state index in [0.29, 0.717) is 25.0 Å². The lowest BCUT2D eigenvalue weighted by Gasteiger charge is -2.30. The van der Waals surface area contributed by atoms with Crippen molar-refractivity contribution in [2.45, 2.75) is 44.8 Å². The number of carbonyl (C=O) groups is 1. The van der Waals surface area contributed by atoms with Crippen molar-refractivity contribution < 1.29 is 9.53 Å². The van der Waals surface area contributed by atoms with Crippen molar-refractivity contribution in [1.29, 1.82) is 5.26 Å². The van der Waals surface area contributed by atoms with Gasteiger partial charge in [-0.05, 0) is 38.0 Å².